The number of benzene rings is 2. The molecule has 3 nitrogen and oxygen atoms in total. The molecule has 0 saturated carbocycles. The summed E-state index contributed by atoms with van der Waals surface area (Å²) >= 11 is 0. The van der Waals surface area contributed by atoms with Crippen LogP contribution in [0.3, 0.4) is 0 Å². The summed E-state index contributed by atoms with van der Waals surface area (Å²) < 4.78 is 0. The zero-order chi connectivity index (χ0) is 16.1. The number of aryl methyl sites for hydroxylation is 2. The smallest absolute Gasteiger partial charge is 0.308 e. The van der Waals surface area contributed by atoms with Crippen LogP contribution < -0.4 is 4.90 Å². The molecule has 2 rings (SSSR count). The Hall–Kier alpha value is -2.29. The maximum Gasteiger partial charge on any atom is 0.308 e. The van der Waals surface area contributed by atoms with Gasteiger partial charge in [-0.2, -0.15) is 0 Å². The van der Waals surface area contributed by atoms with Gasteiger partial charge in [-0.3, -0.25) is 4.79 Å². The molecule has 116 valence electrons. The summed E-state index contributed by atoms with van der Waals surface area (Å²) in [4.78, 5) is 13.3. The number of carboxylic acids is 1. The molecule has 22 heavy (non-hydrogen) atoms. The highest BCUT2D eigenvalue weighted by atomic mass is 16.4. The molecule has 0 aromatic heterocycles. The fourth-order valence-electron chi connectivity index (χ4n) is 2.41. The Morgan fingerprint density at radius 1 is 1.09 bits per heavy atom. The van der Waals surface area contributed by atoms with Crippen LogP contribution in [0.5, 0.6) is 0 Å². The summed E-state index contributed by atoms with van der Waals surface area (Å²) in [5, 5.41) is 9.21. The zero-order valence-electron chi connectivity index (χ0n) is 13.4. The molecule has 1 N–H and O–H groups in total. The molecule has 1 unspecified atom stereocenters. The number of hydrogen-bond acceptors (Lipinski definition) is 2. The molecule has 0 amide bonds. The van der Waals surface area contributed by atoms with Gasteiger partial charge in [0, 0.05) is 18.8 Å². The predicted molar refractivity (Wildman–Crippen MR) is 90.2 cm³/mol. The van der Waals surface area contributed by atoms with Crippen LogP contribution in [-0.4, -0.2) is 17.6 Å². The van der Waals surface area contributed by atoms with Gasteiger partial charge in [0.2, 0.25) is 0 Å². The molecular weight excluding hydrogens is 274 g/mol. The van der Waals surface area contributed by atoms with Gasteiger partial charge in [-0.15, -0.1) is 0 Å². The second kappa shape index (κ2) is 7.12. The number of carbonyl (C=O) groups is 1. The number of carboxylic acid groups (broad SMARTS) is 1. The summed E-state index contributed by atoms with van der Waals surface area (Å²) in [5.74, 6) is -1.17. The Balaban J connectivity index is 2.24. The first-order chi connectivity index (χ1) is 10.5. The van der Waals surface area contributed by atoms with Gasteiger partial charge in [0.1, 0.15) is 0 Å². The predicted octanol–water partition coefficient (Wildman–Crippen LogP) is 4.03. The van der Waals surface area contributed by atoms with Crippen LogP contribution in [0.15, 0.2) is 48.5 Å². The largest absolute Gasteiger partial charge is 0.481 e. The summed E-state index contributed by atoms with van der Waals surface area (Å²) in [5.41, 5.74) is 4.65. The van der Waals surface area contributed by atoms with Crippen LogP contribution in [0, 0.1) is 19.8 Å². The summed E-state index contributed by atoms with van der Waals surface area (Å²) in [6, 6.07) is 16.6. The SMILES string of the molecule is Cc1ccc(CN(CC(C)C(=O)O)c2cccc(C)c2)cc1. The van der Waals surface area contributed by atoms with Crippen molar-refractivity contribution < 1.29 is 9.90 Å². The monoisotopic (exact) mass is 297 g/mol. The van der Waals surface area contributed by atoms with Crippen molar-refractivity contribution in [3.8, 4) is 0 Å². The van der Waals surface area contributed by atoms with Gasteiger partial charge in [-0.25, -0.2) is 0 Å². The Bertz CT molecular complexity index is 634. The fourth-order valence-corrected chi connectivity index (χ4v) is 2.41. The van der Waals surface area contributed by atoms with E-state index < -0.39 is 11.9 Å². The third-order valence-electron chi connectivity index (χ3n) is 3.78. The van der Waals surface area contributed by atoms with E-state index in [2.05, 4.69) is 42.2 Å². The number of aliphatic carboxylic acids is 1. The van der Waals surface area contributed by atoms with Crippen LogP contribution in [0.2, 0.25) is 0 Å². The number of anilines is 1. The molecular formula is C19H23NO2. The van der Waals surface area contributed by atoms with Gasteiger partial charge in [0.15, 0.2) is 0 Å². The van der Waals surface area contributed by atoms with Crippen LogP contribution in [-0.2, 0) is 11.3 Å². The van der Waals surface area contributed by atoms with E-state index in [1.165, 1.54) is 16.7 Å². The molecule has 1 atom stereocenters. The fraction of sp³-hybridized carbons (Fsp3) is 0.316. The highest BCUT2D eigenvalue weighted by molar-refractivity contribution is 5.70. The van der Waals surface area contributed by atoms with E-state index in [1.807, 2.05) is 25.1 Å². The Morgan fingerprint density at radius 3 is 2.36 bits per heavy atom. The zero-order valence-corrected chi connectivity index (χ0v) is 13.4. The van der Waals surface area contributed by atoms with Crippen molar-refractivity contribution in [2.45, 2.75) is 27.3 Å². The van der Waals surface area contributed by atoms with Crippen LogP contribution in [0.25, 0.3) is 0 Å². The van der Waals surface area contributed by atoms with Gasteiger partial charge in [-0.1, -0.05) is 48.9 Å². The van der Waals surface area contributed by atoms with Crippen molar-refractivity contribution in [3.63, 3.8) is 0 Å². The summed E-state index contributed by atoms with van der Waals surface area (Å²) in [6.45, 7) is 7.07. The van der Waals surface area contributed by atoms with E-state index in [9.17, 15) is 9.90 Å². The topological polar surface area (TPSA) is 40.5 Å². The van der Waals surface area contributed by atoms with Gasteiger partial charge in [0.05, 0.1) is 5.92 Å². The van der Waals surface area contributed by atoms with E-state index in [0.29, 0.717) is 13.1 Å². The van der Waals surface area contributed by atoms with Gasteiger partial charge < -0.3 is 10.0 Å². The van der Waals surface area contributed by atoms with E-state index >= 15 is 0 Å². The van der Waals surface area contributed by atoms with Crippen molar-refractivity contribution in [1.29, 1.82) is 0 Å². The first-order valence-corrected chi connectivity index (χ1v) is 7.55. The molecule has 2 aromatic carbocycles. The lowest BCUT2D eigenvalue weighted by molar-refractivity contribution is -0.140. The normalized spacial score (nSPS) is 12.0. The lowest BCUT2D eigenvalue weighted by Crippen LogP contribution is -2.31. The van der Waals surface area contributed by atoms with Crippen molar-refractivity contribution in [2.75, 3.05) is 11.4 Å². The van der Waals surface area contributed by atoms with Gasteiger partial charge in [0.25, 0.3) is 0 Å². The minimum Gasteiger partial charge on any atom is -0.481 e. The maximum atomic E-state index is 11.2. The highest BCUT2D eigenvalue weighted by Crippen LogP contribution is 2.20. The van der Waals surface area contributed by atoms with Crippen molar-refractivity contribution >= 4 is 11.7 Å². The average molecular weight is 297 g/mol. The van der Waals surface area contributed by atoms with E-state index in [0.717, 1.165) is 5.69 Å². The average Bonchev–Trinajstić information content (AvgIpc) is 2.48. The third-order valence-corrected chi connectivity index (χ3v) is 3.78. The summed E-state index contributed by atoms with van der Waals surface area (Å²) in [6.07, 6.45) is 0. The first kappa shape index (κ1) is 16.1. The Morgan fingerprint density at radius 2 is 1.77 bits per heavy atom. The molecule has 2 aromatic rings. The van der Waals surface area contributed by atoms with Gasteiger partial charge >= 0.3 is 5.97 Å². The van der Waals surface area contributed by atoms with E-state index in [1.54, 1.807) is 6.92 Å². The number of nitrogens with zero attached hydrogens (tertiary/aromatic N) is 1. The van der Waals surface area contributed by atoms with E-state index in [4.69, 9.17) is 0 Å². The summed E-state index contributed by atoms with van der Waals surface area (Å²) in [7, 11) is 0. The second-order valence-electron chi connectivity index (χ2n) is 5.94. The first-order valence-electron chi connectivity index (χ1n) is 7.55. The molecule has 0 aliphatic heterocycles. The quantitative estimate of drug-likeness (QED) is 0.875. The minimum absolute atomic E-state index is 0.411. The molecule has 0 aliphatic rings. The molecule has 0 spiro atoms. The number of rotatable bonds is 6. The van der Waals surface area contributed by atoms with Crippen molar-refractivity contribution in [2.24, 2.45) is 5.92 Å². The molecule has 0 aliphatic carbocycles. The van der Waals surface area contributed by atoms with Crippen molar-refractivity contribution in [3.05, 3.63) is 65.2 Å². The van der Waals surface area contributed by atoms with Crippen LogP contribution in [0.1, 0.15) is 23.6 Å². The van der Waals surface area contributed by atoms with E-state index in [-0.39, 0.29) is 0 Å². The van der Waals surface area contributed by atoms with Crippen LogP contribution in [0.4, 0.5) is 5.69 Å². The molecule has 0 bridgehead atoms. The molecule has 0 radical (unpaired) electrons. The molecule has 0 heterocycles. The van der Waals surface area contributed by atoms with Crippen molar-refractivity contribution in [1.82, 2.24) is 0 Å². The maximum absolute atomic E-state index is 11.2. The number of hydrogen-bond donors (Lipinski definition) is 1. The standard InChI is InChI=1S/C19H23NO2/c1-14-7-9-17(10-8-14)13-20(12-16(3)19(21)22)18-6-4-5-15(2)11-18/h4-11,16H,12-13H2,1-3H3,(H,21,22). The lowest BCUT2D eigenvalue weighted by Gasteiger charge is -2.27. The molecule has 3 heteroatoms. The third kappa shape index (κ3) is 4.35. The molecule has 0 fully saturated rings. The lowest BCUT2D eigenvalue weighted by atomic mass is 10.1. The Labute approximate surface area is 132 Å². The van der Waals surface area contributed by atoms with Gasteiger partial charge in [-0.05, 0) is 37.1 Å². The highest BCUT2D eigenvalue weighted by Gasteiger charge is 2.17. The molecule has 0 saturated heterocycles. The minimum atomic E-state index is -0.762. The van der Waals surface area contributed by atoms with Crippen LogP contribution >= 0.6 is 0 Å². The Kier molecular flexibility index (Phi) is 5.21. The second-order valence-corrected chi connectivity index (χ2v) is 5.94.